The van der Waals surface area contributed by atoms with Crippen LogP contribution in [0.1, 0.15) is 36.2 Å². The number of aromatic carboxylic acids is 1. The van der Waals surface area contributed by atoms with Gasteiger partial charge in [0.15, 0.2) is 0 Å². The fourth-order valence-electron chi connectivity index (χ4n) is 2.33. The third kappa shape index (κ3) is 3.10. The molecule has 0 radical (unpaired) electrons. The Hall–Kier alpha value is -2.04. The van der Waals surface area contributed by atoms with Crippen molar-refractivity contribution in [3.8, 4) is 0 Å². The minimum absolute atomic E-state index is 0.109. The normalized spacial score (nSPS) is 14.1. The first kappa shape index (κ1) is 14.4. The Kier molecular flexibility index (Phi) is 4.27. The lowest BCUT2D eigenvalue weighted by Crippen LogP contribution is -2.44. The van der Waals surface area contributed by atoms with Crippen LogP contribution in [0.2, 0.25) is 0 Å². The van der Waals surface area contributed by atoms with E-state index in [1.807, 2.05) is 13.8 Å². The van der Waals surface area contributed by atoms with Crippen LogP contribution in [0.25, 0.3) is 0 Å². The number of nitrogens with zero attached hydrogens (tertiary/aromatic N) is 1. The molecule has 1 aliphatic heterocycles. The van der Waals surface area contributed by atoms with Crippen LogP contribution in [0.4, 0.5) is 10.5 Å². The number of urea groups is 1. The van der Waals surface area contributed by atoms with Crippen molar-refractivity contribution in [1.82, 2.24) is 5.32 Å². The largest absolute Gasteiger partial charge is 0.478 e. The molecule has 1 heterocycles. The number of fused-ring (bicyclic) bond motifs is 1. The Balaban J connectivity index is 2.20. The first-order chi connectivity index (χ1) is 9.49. The molecule has 2 N–H and O–H groups in total. The number of aryl methyl sites for hydroxylation is 1. The SMILES string of the molecule is CC(C)CNC(=O)N1CCCc2cc(C(=O)O)ccc21. The van der Waals surface area contributed by atoms with Gasteiger partial charge in [0.05, 0.1) is 5.56 Å². The van der Waals surface area contributed by atoms with Crippen LogP contribution in [0.5, 0.6) is 0 Å². The number of hydrogen-bond acceptors (Lipinski definition) is 2. The zero-order valence-corrected chi connectivity index (χ0v) is 11.8. The Morgan fingerprint density at radius 1 is 1.40 bits per heavy atom. The van der Waals surface area contributed by atoms with E-state index < -0.39 is 5.97 Å². The monoisotopic (exact) mass is 276 g/mol. The van der Waals surface area contributed by atoms with Crippen molar-refractivity contribution < 1.29 is 14.7 Å². The first-order valence-electron chi connectivity index (χ1n) is 6.90. The fraction of sp³-hybridized carbons (Fsp3) is 0.467. The number of anilines is 1. The lowest BCUT2D eigenvalue weighted by Gasteiger charge is -2.30. The number of carboxylic acids is 1. The van der Waals surface area contributed by atoms with Crippen molar-refractivity contribution >= 4 is 17.7 Å². The second-order valence-electron chi connectivity index (χ2n) is 5.48. The molecule has 0 saturated heterocycles. The van der Waals surface area contributed by atoms with Gasteiger partial charge >= 0.3 is 12.0 Å². The van der Waals surface area contributed by atoms with Crippen LogP contribution in [-0.4, -0.2) is 30.2 Å². The molecule has 2 rings (SSSR count). The van der Waals surface area contributed by atoms with Gasteiger partial charge in [0.25, 0.3) is 0 Å². The summed E-state index contributed by atoms with van der Waals surface area (Å²) >= 11 is 0. The van der Waals surface area contributed by atoms with Crippen LogP contribution in [0.15, 0.2) is 18.2 Å². The highest BCUT2D eigenvalue weighted by Crippen LogP contribution is 2.28. The zero-order valence-electron chi connectivity index (χ0n) is 11.8. The molecule has 1 aliphatic rings. The summed E-state index contributed by atoms with van der Waals surface area (Å²) in [6.07, 6.45) is 1.66. The standard InChI is InChI=1S/C15H20N2O3/c1-10(2)9-16-15(20)17-7-3-4-11-8-12(14(18)19)5-6-13(11)17/h5-6,8,10H,3-4,7,9H2,1-2H3,(H,16,20)(H,18,19). The molecular formula is C15H20N2O3. The van der Waals surface area contributed by atoms with E-state index in [4.69, 9.17) is 5.11 Å². The predicted octanol–water partition coefficient (Wildman–Crippen LogP) is 2.50. The maximum atomic E-state index is 12.2. The molecule has 0 fully saturated rings. The minimum atomic E-state index is -0.936. The number of amides is 2. The van der Waals surface area contributed by atoms with E-state index in [1.54, 1.807) is 23.1 Å². The summed E-state index contributed by atoms with van der Waals surface area (Å²) < 4.78 is 0. The molecule has 0 aliphatic carbocycles. The highest BCUT2D eigenvalue weighted by atomic mass is 16.4. The van der Waals surface area contributed by atoms with Gasteiger partial charge in [0.2, 0.25) is 0 Å². The number of rotatable bonds is 3. The second-order valence-corrected chi connectivity index (χ2v) is 5.48. The zero-order chi connectivity index (χ0) is 14.7. The highest BCUT2D eigenvalue weighted by Gasteiger charge is 2.23. The number of carbonyl (C=O) groups excluding carboxylic acids is 1. The molecule has 5 heteroatoms. The molecule has 20 heavy (non-hydrogen) atoms. The Morgan fingerprint density at radius 3 is 2.80 bits per heavy atom. The summed E-state index contributed by atoms with van der Waals surface area (Å²) in [5.41, 5.74) is 2.02. The van der Waals surface area contributed by atoms with E-state index in [0.717, 1.165) is 24.1 Å². The van der Waals surface area contributed by atoms with Gasteiger partial charge in [-0.15, -0.1) is 0 Å². The van der Waals surface area contributed by atoms with Gasteiger partial charge in [-0.2, -0.15) is 0 Å². The van der Waals surface area contributed by atoms with Gasteiger partial charge in [-0.25, -0.2) is 9.59 Å². The van der Waals surface area contributed by atoms with Crippen molar-refractivity contribution in [2.75, 3.05) is 18.0 Å². The van der Waals surface area contributed by atoms with Crippen molar-refractivity contribution in [3.05, 3.63) is 29.3 Å². The van der Waals surface area contributed by atoms with Crippen LogP contribution < -0.4 is 10.2 Å². The quantitative estimate of drug-likeness (QED) is 0.891. The average Bonchev–Trinajstić information content (AvgIpc) is 2.43. The average molecular weight is 276 g/mol. The molecule has 0 saturated carbocycles. The summed E-state index contributed by atoms with van der Waals surface area (Å²) in [7, 11) is 0. The van der Waals surface area contributed by atoms with Crippen molar-refractivity contribution in [2.45, 2.75) is 26.7 Å². The van der Waals surface area contributed by atoms with E-state index in [-0.39, 0.29) is 11.6 Å². The smallest absolute Gasteiger partial charge is 0.335 e. The minimum Gasteiger partial charge on any atom is -0.478 e. The van der Waals surface area contributed by atoms with Crippen LogP contribution in [-0.2, 0) is 6.42 Å². The molecule has 0 unspecified atom stereocenters. The molecule has 0 aromatic heterocycles. The van der Waals surface area contributed by atoms with E-state index in [2.05, 4.69) is 5.32 Å². The van der Waals surface area contributed by atoms with Crippen molar-refractivity contribution in [2.24, 2.45) is 5.92 Å². The van der Waals surface area contributed by atoms with Crippen LogP contribution in [0, 0.1) is 5.92 Å². The van der Waals surface area contributed by atoms with E-state index in [9.17, 15) is 9.59 Å². The topological polar surface area (TPSA) is 69.6 Å². The van der Waals surface area contributed by atoms with Gasteiger partial charge in [0, 0.05) is 18.8 Å². The Bertz CT molecular complexity index is 526. The summed E-state index contributed by atoms with van der Waals surface area (Å²) in [4.78, 5) is 24.9. The maximum absolute atomic E-state index is 12.2. The number of carboxylic acid groups (broad SMARTS) is 1. The summed E-state index contributed by atoms with van der Waals surface area (Å²) in [5, 5.41) is 11.9. The number of carbonyl (C=O) groups is 2. The second kappa shape index (κ2) is 5.94. The van der Waals surface area contributed by atoms with Gasteiger partial charge in [-0.05, 0) is 42.5 Å². The number of nitrogens with one attached hydrogen (secondary N) is 1. The van der Waals surface area contributed by atoms with Gasteiger partial charge < -0.3 is 10.4 Å². The molecule has 0 bridgehead atoms. The molecule has 0 atom stereocenters. The molecular weight excluding hydrogens is 256 g/mol. The predicted molar refractivity (Wildman–Crippen MR) is 77.3 cm³/mol. The van der Waals surface area contributed by atoms with Crippen molar-refractivity contribution in [3.63, 3.8) is 0 Å². The van der Waals surface area contributed by atoms with Gasteiger partial charge in [0.1, 0.15) is 0 Å². The Labute approximate surface area is 118 Å². The summed E-state index contributed by atoms with van der Waals surface area (Å²) in [6.45, 7) is 5.40. The van der Waals surface area contributed by atoms with E-state index >= 15 is 0 Å². The first-order valence-corrected chi connectivity index (χ1v) is 6.90. The molecule has 108 valence electrons. The Morgan fingerprint density at radius 2 is 2.15 bits per heavy atom. The molecule has 1 aromatic carbocycles. The fourth-order valence-corrected chi connectivity index (χ4v) is 2.33. The van der Waals surface area contributed by atoms with E-state index in [1.165, 1.54) is 0 Å². The maximum Gasteiger partial charge on any atom is 0.335 e. The van der Waals surface area contributed by atoms with Gasteiger partial charge in [-0.3, -0.25) is 4.90 Å². The van der Waals surface area contributed by atoms with Crippen LogP contribution >= 0.6 is 0 Å². The third-order valence-corrected chi connectivity index (χ3v) is 3.35. The third-order valence-electron chi connectivity index (χ3n) is 3.35. The van der Waals surface area contributed by atoms with Crippen molar-refractivity contribution in [1.29, 1.82) is 0 Å². The number of hydrogen-bond donors (Lipinski definition) is 2. The van der Waals surface area contributed by atoms with Crippen LogP contribution in [0.3, 0.4) is 0 Å². The summed E-state index contributed by atoms with van der Waals surface area (Å²) in [6, 6.07) is 4.84. The highest BCUT2D eigenvalue weighted by molar-refractivity contribution is 5.95. The lowest BCUT2D eigenvalue weighted by atomic mass is 9.99. The summed E-state index contributed by atoms with van der Waals surface area (Å²) in [5.74, 6) is -0.535. The van der Waals surface area contributed by atoms with E-state index in [0.29, 0.717) is 19.0 Å². The number of benzene rings is 1. The molecule has 0 spiro atoms. The molecule has 1 aromatic rings. The lowest BCUT2D eigenvalue weighted by molar-refractivity contribution is 0.0696. The molecule has 5 nitrogen and oxygen atoms in total. The molecule has 2 amide bonds. The van der Waals surface area contributed by atoms with Gasteiger partial charge in [-0.1, -0.05) is 13.8 Å².